The first-order valence-electron chi connectivity index (χ1n) is 6.19. The molecule has 0 heterocycles. The highest BCUT2D eigenvalue weighted by atomic mass is 79.9. The highest BCUT2D eigenvalue weighted by Gasteiger charge is 2.23. The Morgan fingerprint density at radius 3 is 2.64 bits per heavy atom. The number of amides is 1. The molecule has 0 saturated carbocycles. The first-order chi connectivity index (χ1) is 10.2. The number of carboxylic acids is 1. The van der Waals surface area contributed by atoms with Gasteiger partial charge in [-0.05, 0) is 17.7 Å². The Labute approximate surface area is 136 Å². The number of ether oxygens (including phenoxy) is 1. The summed E-state index contributed by atoms with van der Waals surface area (Å²) in [5, 5.41) is 11.0. The van der Waals surface area contributed by atoms with Crippen molar-refractivity contribution in [1.82, 2.24) is 5.32 Å². The molecule has 1 aromatic rings. The fourth-order valence-electron chi connectivity index (χ4n) is 1.71. The number of methoxy groups -OCH3 is 1. The van der Waals surface area contributed by atoms with Crippen LogP contribution in [0.25, 0.3) is 0 Å². The van der Waals surface area contributed by atoms with E-state index in [1.165, 1.54) is 7.11 Å². The van der Waals surface area contributed by atoms with Crippen LogP contribution in [0.4, 0.5) is 0 Å². The van der Waals surface area contributed by atoms with Crippen molar-refractivity contribution in [3.63, 3.8) is 0 Å². The number of nitrogens with one attached hydrogen (secondary N) is 1. The number of halogens is 1. The van der Waals surface area contributed by atoms with Gasteiger partial charge in [0, 0.05) is 11.6 Å². The van der Waals surface area contributed by atoms with E-state index in [1.807, 2.05) is 0 Å². The van der Waals surface area contributed by atoms with E-state index in [1.54, 1.807) is 24.3 Å². The maximum Gasteiger partial charge on any atom is 0.328 e. The molecular weight excluding hydrogens is 378 g/mol. The van der Waals surface area contributed by atoms with Gasteiger partial charge in [-0.3, -0.25) is 4.79 Å². The summed E-state index contributed by atoms with van der Waals surface area (Å²) in [4.78, 5) is 22.6. The molecule has 1 aromatic carbocycles. The highest BCUT2D eigenvalue weighted by Crippen LogP contribution is 2.14. The molecule has 0 spiro atoms. The lowest BCUT2D eigenvalue weighted by Gasteiger charge is -2.13. The molecule has 0 aliphatic rings. The second-order valence-corrected chi connectivity index (χ2v) is 7.56. The molecule has 0 saturated heterocycles. The topological polar surface area (TPSA) is 110 Å². The Kier molecular flexibility index (Phi) is 6.98. The van der Waals surface area contributed by atoms with Crippen LogP contribution in [-0.4, -0.2) is 50.9 Å². The fraction of sp³-hybridized carbons (Fsp3) is 0.385. The molecule has 1 unspecified atom stereocenters. The van der Waals surface area contributed by atoms with Crippen LogP contribution in [0.3, 0.4) is 0 Å². The number of carboxylic acid groups (broad SMARTS) is 1. The monoisotopic (exact) mass is 393 g/mol. The molecule has 0 radical (unpaired) electrons. The summed E-state index contributed by atoms with van der Waals surface area (Å²) in [6.07, 6.45) is 0. The fourth-order valence-corrected chi connectivity index (χ4v) is 3.43. The molecule has 0 aliphatic carbocycles. The number of rotatable bonds is 8. The second kappa shape index (κ2) is 8.25. The quantitative estimate of drug-likeness (QED) is 0.668. The number of benzene rings is 1. The van der Waals surface area contributed by atoms with Crippen molar-refractivity contribution in [2.24, 2.45) is 0 Å². The van der Waals surface area contributed by atoms with Crippen molar-refractivity contribution in [3.05, 3.63) is 34.3 Å². The van der Waals surface area contributed by atoms with Crippen LogP contribution in [-0.2, 0) is 29.9 Å². The van der Waals surface area contributed by atoms with Gasteiger partial charge in [-0.1, -0.05) is 28.1 Å². The minimum atomic E-state index is -3.70. The Bertz CT molecular complexity index is 646. The molecule has 0 bridgehead atoms. The Morgan fingerprint density at radius 2 is 2.09 bits per heavy atom. The number of carbonyl (C=O) groups excluding carboxylic acids is 1. The van der Waals surface area contributed by atoms with Gasteiger partial charge in [0.15, 0.2) is 15.9 Å². The third-order valence-electron chi connectivity index (χ3n) is 2.59. The van der Waals surface area contributed by atoms with E-state index in [4.69, 9.17) is 5.11 Å². The molecule has 0 fully saturated rings. The zero-order valence-corrected chi connectivity index (χ0v) is 14.2. The molecular formula is C13H16BrNO6S. The third kappa shape index (κ3) is 6.54. The zero-order chi connectivity index (χ0) is 16.8. The summed E-state index contributed by atoms with van der Waals surface area (Å²) >= 11 is 3.23. The normalized spacial score (nSPS) is 12.6. The van der Waals surface area contributed by atoms with Gasteiger partial charge < -0.3 is 15.2 Å². The van der Waals surface area contributed by atoms with E-state index in [-0.39, 0.29) is 12.4 Å². The van der Waals surface area contributed by atoms with Gasteiger partial charge in [-0.15, -0.1) is 0 Å². The first-order valence-corrected chi connectivity index (χ1v) is 8.81. The number of sulfone groups is 1. The molecule has 7 nitrogen and oxygen atoms in total. The number of carbonyl (C=O) groups is 2. The smallest absolute Gasteiger partial charge is 0.328 e. The molecule has 2 N–H and O–H groups in total. The van der Waals surface area contributed by atoms with Crippen LogP contribution < -0.4 is 5.32 Å². The maximum absolute atomic E-state index is 12.0. The van der Waals surface area contributed by atoms with Gasteiger partial charge in [0.05, 0.1) is 12.4 Å². The first kappa shape index (κ1) is 18.6. The number of aliphatic carboxylic acids is 1. The van der Waals surface area contributed by atoms with E-state index >= 15 is 0 Å². The molecule has 122 valence electrons. The lowest BCUT2D eigenvalue weighted by atomic mass is 10.2. The van der Waals surface area contributed by atoms with Gasteiger partial charge in [0.2, 0.25) is 5.91 Å². The summed E-state index contributed by atoms with van der Waals surface area (Å²) in [6.45, 7) is -0.243. The minimum Gasteiger partial charge on any atom is -0.480 e. The van der Waals surface area contributed by atoms with Crippen molar-refractivity contribution < 1.29 is 27.9 Å². The van der Waals surface area contributed by atoms with E-state index in [9.17, 15) is 18.0 Å². The average molecular weight is 394 g/mol. The maximum atomic E-state index is 12.0. The summed E-state index contributed by atoms with van der Waals surface area (Å²) in [6, 6.07) is 5.43. The van der Waals surface area contributed by atoms with Crippen molar-refractivity contribution in [3.8, 4) is 0 Å². The van der Waals surface area contributed by atoms with Gasteiger partial charge in [-0.2, -0.15) is 0 Å². The van der Waals surface area contributed by atoms with Crippen LogP contribution in [0, 0.1) is 0 Å². The van der Waals surface area contributed by atoms with Gasteiger partial charge >= 0.3 is 5.97 Å². The van der Waals surface area contributed by atoms with Crippen molar-refractivity contribution in [2.75, 3.05) is 19.5 Å². The lowest BCUT2D eigenvalue weighted by Crippen LogP contribution is -2.46. The van der Waals surface area contributed by atoms with E-state index < -0.39 is 33.5 Å². The van der Waals surface area contributed by atoms with Crippen LogP contribution >= 0.6 is 15.9 Å². The highest BCUT2D eigenvalue weighted by molar-refractivity contribution is 9.10. The molecule has 1 rings (SSSR count). The van der Waals surface area contributed by atoms with E-state index in [0.717, 1.165) is 4.47 Å². The predicted octanol–water partition coefficient (Wildman–Crippen LogP) is 0.580. The van der Waals surface area contributed by atoms with Crippen molar-refractivity contribution >= 4 is 37.6 Å². The van der Waals surface area contributed by atoms with Gasteiger partial charge in [-0.25, -0.2) is 13.2 Å². The molecule has 9 heteroatoms. The van der Waals surface area contributed by atoms with Gasteiger partial charge in [0.1, 0.15) is 5.75 Å². The predicted molar refractivity (Wildman–Crippen MR) is 83.1 cm³/mol. The third-order valence-corrected chi connectivity index (χ3v) is 4.56. The van der Waals surface area contributed by atoms with Crippen LogP contribution in [0.15, 0.2) is 28.7 Å². The standard InChI is InChI=1S/C13H16BrNO6S/c1-21-6-11(13(17)18)15-12(16)8-22(19,20)7-9-3-2-4-10(14)5-9/h2-5,11H,6-8H2,1H3,(H,15,16)(H,17,18). The summed E-state index contributed by atoms with van der Waals surface area (Å²) in [7, 11) is -2.42. The molecule has 1 atom stereocenters. The Morgan fingerprint density at radius 1 is 1.41 bits per heavy atom. The molecule has 1 amide bonds. The largest absolute Gasteiger partial charge is 0.480 e. The van der Waals surface area contributed by atoms with Crippen molar-refractivity contribution in [1.29, 1.82) is 0 Å². The van der Waals surface area contributed by atoms with Crippen LogP contribution in [0.1, 0.15) is 5.56 Å². The van der Waals surface area contributed by atoms with Crippen molar-refractivity contribution in [2.45, 2.75) is 11.8 Å². The van der Waals surface area contributed by atoms with E-state index in [2.05, 4.69) is 26.0 Å². The number of hydrogen-bond acceptors (Lipinski definition) is 5. The molecule has 22 heavy (non-hydrogen) atoms. The Balaban J connectivity index is 2.67. The minimum absolute atomic E-state index is 0.243. The SMILES string of the molecule is COCC(NC(=O)CS(=O)(=O)Cc1cccc(Br)c1)C(=O)O. The summed E-state index contributed by atoms with van der Waals surface area (Å²) < 4.78 is 29.3. The number of hydrogen-bond donors (Lipinski definition) is 2. The average Bonchev–Trinajstić information content (AvgIpc) is 2.36. The molecule has 0 aliphatic heterocycles. The Hall–Kier alpha value is -1.45. The van der Waals surface area contributed by atoms with Gasteiger partial charge in [0.25, 0.3) is 0 Å². The van der Waals surface area contributed by atoms with E-state index in [0.29, 0.717) is 5.56 Å². The van der Waals surface area contributed by atoms with Crippen LogP contribution in [0.2, 0.25) is 0 Å². The second-order valence-electron chi connectivity index (χ2n) is 4.58. The van der Waals surface area contributed by atoms with Crippen LogP contribution in [0.5, 0.6) is 0 Å². The molecule has 0 aromatic heterocycles. The zero-order valence-electron chi connectivity index (χ0n) is 11.8. The lowest BCUT2D eigenvalue weighted by molar-refractivity contribution is -0.143. The summed E-state index contributed by atoms with van der Waals surface area (Å²) in [5.41, 5.74) is 0.536. The summed E-state index contributed by atoms with van der Waals surface area (Å²) in [5.74, 6) is -3.26.